The number of piperidine rings is 1. The molecule has 0 aliphatic carbocycles. The van der Waals surface area contributed by atoms with E-state index < -0.39 is 6.10 Å². The van der Waals surface area contributed by atoms with Crippen molar-refractivity contribution < 1.29 is 9.53 Å². The molecule has 2 aromatic carbocycles. The summed E-state index contributed by atoms with van der Waals surface area (Å²) in [5.74, 6) is 0.459. The van der Waals surface area contributed by atoms with Crippen LogP contribution in [0, 0.1) is 0 Å². The van der Waals surface area contributed by atoms with Crippen molar-refractivity contribution in [2.45, 2.75) is 45.8 Å². The molecule has 0 bridgehead atoms. The molecule has 138 valence electrons. The van der Waals surface area contributed by atoms with Crippen LogP contribution < -0.4 is 10.2 Å². The van der Waals surface area contributed by atoms with Crippen LogP contribution in [0.15, 0.2) is 47.6 Å². The van der Waals surface area contributed by atoms with Crippen molar-refractivity contribution in [2.24, 2.45) is 5.10 Å². The average Bonchev–Trinajstić information content (AvgIpc) is 2.66. The van der Waals surface area contributed by atoms with Crippen LogP contribution in [0.5, 0.6) is 5.75 Å². The summed E-state index contributed by atoms with van der Waals surface area (Å²) in [7, 11) is 0. The molecule has 5 heteroatoms. The summed E-state index contributed by atoms with van der Waals surface area (Å²) in [4.78, 5) is 14.7. The maximum atomic E-state index is 12.3. The zero-order valence-corrected chi connectivity index (χ0v) is 15.7. The van der Waals surface area contributed by atoms with Gasteiger partial charge in [0.25, 0.3) is 5.91 Å². The van der Waals surface area contributed by atoms with Crippen LogP contribution in [0.1, 0.15) is 33.6 Å². The molecular weight excluding hydrogens is 326 g/mol. The molecule has 0 spiro atoms. The van der Waals surface area contributed by atoms with Crippen molar-refractivity contribution in [3.8, 4) is 5.75 Å². The van der Waals surface area contributed by atoms with Crippen molar-refractivity contribution in [3.05, 3.63) is 42.5 Å². The van der Waals surface area contributed by atoms with Gasteiger partial charge in [0.2, 0.25) is 0 Å². The highest BCUT2D eigenvalue weighted by molar-refractivity contribution is 5.88. The predicted molar refractivity (Wildman–Crippen MR) is 106 cm³/mol. The molecular formula is C21H27N3O2. The summed E-state index contributed by atoms with van der Waals surface area (Å²) in [6, 6.07) is 14.5. The third-order valence-corrected chi connectivity index (χ3v) is 4.83. The zero-order valence-electron chi connectivity index (χ0n) is 15.7. The molecule has 0 saturated carbocycles. The lowest BCUT2D eigenvalue weighted by Crippen LogP contribution is -2.40. The number of fused-ring (bicyclic) bond motifs is 1. The average molecular weight is 353 g/mol. The molecule has 1 N–H and O–H groups in total. The minimum Gasteiger partial charge on any atom is -0.481 e. The number of carbonyl (C=O) groups excluding carboxylic acids is 1. The molecule has 1 saturated heterocycles. The highest BCUT2D eigenvalue weighted by Gasteiger charge is 2.18. The van der Waals surface area contributed by atoms with Crippen LogP contribution in [0.3, 0.4) is 0 Å². The van der Waals surface area contributed by atoms with E-state index in [0.29, 0.717) is 11.8 Å². The predicted octanol–water partition coefficient (Wildman–Crippen LogP) is 3.58. The largest absolute Gasteiger partial charge is 0.481 e. The lowest BCUT2D eigenvalue weighted by Gasteiger charge is -2.30. The fourth-order valence-corrected chi connectivity index (χ4v) is 3.13. The van der Waals surface area contributed by atoms with E-state index in [1.165, 1.54) is 0 Å². The highest BCUT2D eigenvalue weighted by atomic mass is 16.5. The molecule has 0 radical (unpaired) electrons. The molecule has 1 heterocycles. The van der Waals surface area contributed by atoms with Crippen LogP contribution in [-0.4, -0.2) is 41.8 Å². The van der Waals surface area contributed by atoms with E-state index in [1.807, 2.05) is 36.4 Å². The number of carbonyl (C=O) groups is 1. The molecule has 3 rings (SSSR count). The second-order valence-electron chi connectivity index (χ2n) is 7.05. The third-order valence-electron chi connectivity index (χ3n) is 4.83. The summed E-state index contributed by atoms with van der Waals surface area (Å²) in [5, 5.41) is 6.54. The van der Waals surface area contributed by atoms with E-state index in [2.05, 4.69) is 35.3 Å². The molecule has 1 fully saturated rings. The minimum absolute atomic E-state index is 0.225. The first-order valence-electron chi connectivity index (χ1n) is 9.28. The van der Waals surface area contributed by atoms with Crippen molar-refractivity contribution in [1.82, 2.24) is 10.3 Å². The SMILES string of the molecule is CC(Oc1ccc2ccccc2c1)C(=O)NN=C1CCN(C(C)C)CC1. The fraction of sp³-hybridized carbons (Fsp3) is 0.429. The van der Waals surface area contributed by atoms with Gasteiger partial charge in [-0.25, -0.2) is 5.43 Å². The Morgan fingerprint density at radius 3 is 2.46 bits per heavy atom. The Bertz CT molecular complexity index is 791. The molecule has 5 nitrogen and oxygen atoms in total. The van der Waals surface area contributed by atoms with E-state index >= 15 is 0 Å². The van der Waals surface area contributed by atoms with Gasteiger partial charge in [-0.2, -0.15) is 5.10 Å². The second-order valence-corrected chi connectivity index (χ2v) is 7.05. The van der Waals surface area contributed by atoms with Crippen LogP contribution in [0.2, 0.25) is 0 Å². The fourth-order valence-electron chi connectivity index (χ4n) is 3.13. The summed E-state index contributed by atoms with van der Waals surface area (Å²) in [6.07, 6.45) is 1.20. The molecule has 1 aliphatic heterocycles. The number of hydrogen-bond donors (Lipinski definition) is 1. The van der Waals surface area contributed by atoms with Gasteiger partial charge in [0.05, 0.1) is 0 Å². The summed E-state index contributed by atoms with van der Waals surface area (Å²) in [6.45, 7) is 8.14. The highest BCUT2D eigenvalue weighted by Crippen LogP contribution is 2.21. The maximum Gasteiger partial charge on any atom is 0.280 e. The number of hydrogen-bond acceptors (Lipinski definition) is 4. The first kappa shape index (κ1) is 18.4. The Hall–Kier alpha value is -2.40. The van der Waals surface area contributed by atoms with Crippen molar-refractivity contribution in [3.63, 3.8) is 0 Å². The van der Waals surface area contributed by atoms with Crippen LogP contribution >= 0.6 is 0 Å². The van der Waals surface area contributed by atoms with E-state index in [0.717, 1.165) is 42.4 Å². The van der Waals surface area contributed by atoms with Crippen LogP contribution in [0.25, 0.3) is 10.8 Å². The van der Waals surface area contributed by atoms with E-state index in [-0.39, 0.29) is 5.91 Å². The van der Waals surface area contributed by atoms with Gasteiger partial charge in [0.1, 0.15) is 5.75 Å². The molecule has 0 aromatic heterocycles. The van der Waals surface area contributed by atoms with Gasteiger partial charge in [0.15, 0.2) is 6.10 Å². The Kier molecular flexibility index (Phi) is 5.89. The lowest BCUT2D eigenvalue weighted by atomic mass is 10.1. The standard InChI is InChI=1S/C21H27N3O2/c1-15(2)24-12-10-19(11-13-24)22-23-21(25)16(3)26-20-9-8-17-6-4-5-7-18(17)14-20/h4-9,14-16H,10-13H2,1-3H3,(H,23,25). The smallest absolute Gasteiger partial charge is 0.280 e. The van der Waals surface area contributed by atoms with E-state index in [9.17, 15) is 4.79 Å². The lowest BCUT2D eigenvalue weighted by molar-refractivity contribution is -0.127. The van der Waals surface area contributed by atoms with Crippen LogP contribution in [0.4, 0.5) is 0 Å². The first-order chi connectivity index (χ1) is 12.5. The number of nitrogens with zero attached hydrogens (tertiary/aromatic N) is 2. The number of nitrogens with one attached hydrogen (secondary N) is 1. The number of rotatable bonds is 5. The Morgan fingerprint density at radius 2 is 1.77 bits per heavy atom. The molecule has 26 heavy (non-hydrogen) atoms. The van der Waals surface area contributed by atoms with Gasteiger partial charge < -0.3 is 9.64 Å². The molecule has 1 aliphatic rings. The normalized spacial score (nSPS) is 16.5. The third kappa shape index (κ3) is 4.61. The monoisotopic (exact) mass is 353 g/mol. The maximum absolute atomic E-state index is 12.3. The van der Waals surface area contributed by atoms with Crippen molar-refractivity contribution in [2.75, 3.05) is 13.1 Å². The molecule has 1 amide bonds. The summed E-state index contributed by atoms with van der Waals surface area (Å²) >= 11 is 0. The van der Waals surface area contributed by atoms with E-state index in [1.54, 1.807) is 6.92 Å². The van der Waals surface area contributed by atoms with Gasteiger partial charge in [-0.05, 0) is 43.7 Å². The number of hydrazone groups is 1. The molecule has 1 unspecified atom stereocenters. The van der Waals surface area contributed by atoms with Crippen molar-refractivity contribution in [1.29, 1.82) is 0 Å². The number of likely N-dealkylation sites (tertiary alicyclic amines) is 1. The summed E-state index contributed by atoms with van der Waals surface area (Å²) in [5.41, 5.74) is 3.71. The second kappa shape index (κ2) is 8.32. The van der Waals surface area contributed by atoms with E-state index in [4.69, 9.17) is 4.74 Å². The Balaban J connectivity index is 1.53. The number of ether oxygens (including phenoxy) is 1. The Labute approximate surface area is 155 Å². The molecule has 2 aromatic rings. The van der Waals surface area contributed by atoms with Crippen LogP contribution in [-0.2, 0) is 4.79 Å². The minimum atomic E-state index is -0.601. The first-order valence-corrected chi connectivity index (χ1v) is 9.28. The molecule has 1 atom stereocenters. The van der Waals surface area contributed by atoms with Gasteiger partial charge in [-0.1, -0.05) is 30.3 Å². The number of benzene rings is 2. The Morgan fingerprint density at radius 1 is 1.08 bits per heavy atom. The van der Waals surface area contributed by atoms with Crippen molar-refractivity contribution >= 4 is 22.4 Å². The summed E-state index contributed by atoms with van der Waals surface area (Å²) < 4.78 is 5.78. The topological polar surface area (TPSA) is 53.9 Å². The van der Waals surface area contributed by atoms with Gasteiger partial charge >= 0.3 is 0 Å². The quantitative estimate of drug-likeness (QED) is 0.836. The van der Waals surface area contributed by atoms with Gasteiger partial charge in [-0.3, -0.25) is 4.79 Å². The van der Waals surface area contributed by atoms with Gasteiger partial charge in [-0.15, -0.1) is 0 Å². The number of amides is 1. The van der Waals surface area contributed by atoms with Gasteiger partial charge in [0, 0.05) is 37.7 Å². The zero-order chi connectivity index (χ0) is 18.5.